The van der Waals surface area contributed by atoms with Gasteiger partial charge in [0.15, 0.2) is 11.1 Å². The van der Waals surface area contributed by atoms with E-state index >= 15 is 0 Å². The largest absolute Gasteiger partial charge is 0.497 e. The van der Waals surface area contributed by atoms with Gasteiger partial charge in [-0.25, -0.2) is 18.2 Å². The third kappa shape index (κ3) is 9.42. The molecular weight excluding hydrogens is 805 g/mol. The van der Waals surface area contributed by atoms with Crippen LogP contribution in [0.1, 0.15) is 61.2 Å². The molecular formula is C40H52N6O11S2. The van der Waals surface area contributed by atoms with E-state index in [1.54, 1.807) is 17.4 Å². The molecule has 2 aromatic rings. The summed E-state index contributed by atoms with van der Waals surface area (Å²) in [5, 5.41) is 7.08. The molecule has 6 atom stereocenters. The lowest BCUT2D eigenvalue weighted by Gasteiger charge is -2.33. The van der Waals surface area contributed by atoms with Gasteiger partial charge in [0.05, 0.1) is 31.3 Å². The van der Waals surface area contributed by atoms with Gasteiger partial charge in [-0.2, -0.15) is 0 Å². The number of sulfonamides is 1. The zero-order valence-corrected chi connectivity index (χ0v) is 35.1. The lowest BCUT2D eigenvalue weighted by Crippen LogP contribution is -2.60. The predicted octanol–water partition coefficient (Wildman–Crippen LogP) is 2.48. The number of carbonyl (C=O) groups excluding carboxylic acids is 5. The molecule has 19 heteroatoms. The van der Waals surface area contributed by atoms with Crippen LogP contribution >= 0.6 is 11.3 Å². The number of benzene rings is 1. The molecule has 320 valence electrons. The third-order valence-corrected chi connectivity index (χ3v) is 14.5. The third-order valence-electron chi connectivity index (χ3n) is 11.8. The van der Waals surface area contributed by atoms with E-state index < -0.39 is 74.7 Å². The van der Waals surface area contributed by atoms with E-state index in [2.05, 4.69) is 20.3 Å². The topological polar surface area (TPSA) is 212 Å². The number of aromatic nitrogens is 1. The SMILES string of the molecule is COCC(COC)OC(=O)N[C@H]1CCCCC/C=C\[C@@H]2C[C@@]2(C(=O)NS(=O)(=O)C2CC2)NC(=O)[C@@H]2[C@H]3CN(C(=O)c4nc(-c5ccc(OC)cc5)cs4)C[C@H]3CN2C1=O. The quantitative estimate of drug-likeness (QED) is 0.263. The van der Waals surface area contributed by atoms with E-state index in [0.29, 0.717) is 37.1 Å². The highest BCUT2D eigenvalue weighted by Gasteiger charge is 2.63. The van der Waals surface area contributed by atoms with Gasteiger partial charge in [-0.1, -0.05) is 25.0 Å². The van der Waals surface area contributed by atoms with Crippen molar-refractivity contribution in [2.75, 3.05) is 54.2 Å². The molecule has 7 rings (SSSR count). The summed E-state index contributed by atoms with van der Waals surface area (Å²) in [5.74, 6) is -2.89. The molecule has 2 saturated carbocycles. The van der Waals surface area contributed by atoms with Gasteiger partial charge in [0.25, 0.3) is 11.8 Å². The maximum absolute atomic E-state index is 14.7. The highest BCUT2D eigenvalue weighted by atomic mass is 32.2. The summed E-state index contributed by atoms with van der Waals surface area (Å²) in [5.41, 5.74) is -0.0996. The summed E-state index contributed by atoms with van der Waals surface area (Å²) >= 11 is 1.21. The first-order valence-electron chi connectivity index (χ1n) is 20.1. The van der Waals surface area contributed by atoms with Gasteiger partial charge in [-0.3, -0.25) is 23.9 Å². The first kappa shape index (κ1) is 42.5. The Labute approximate surface area is 347 Å². The number of rotatable bonds is 12. The first-order chi connectivity index (χ1) is 28.4. The van der Waals surface area contributed by atoms with Crippen LogP contribution in [-0.4, -0.2) is 136 Å². The molecule has 0 radical (unpaired) electrons. The molecule has 0 unspecified atom stereocenters. The normalized spacial score (nSPS) is 27.7. The van der Waals surface area contributed by atoms with Crippen LogP contribution in [0.15, 0.2) is 41.8 Å². The Balaban J connectivity index is 1.15. The molecule has 5 amide bonds. The van der Waals surface area contributed by atoms with Crippen LogP contribution in [0.3, 0.4) is 0 Å². The van der Waals surface area contributed by atoms with Gasteiger partial charge in [-0.15, -0.1) is 11.3 Å². The molecule has 3 aliphatic heterocycles. The number of nitrogens with zero attached hydrogens (tertiary/aromatic N) is 3. The maximum atomic E-state index is 14.7. The van der Waals surface area contributed by atoms with Crippen molar-refractivity contribution in [1.29, 1.82) is 0 Å². The van der Waals surface area contributed by atoms with E-state index in [0.717, 1.165) is 18.4 Å². The van der Waals surface area contributed by atoms with Gasteiger partial charge in [0, 0.05) is 62.6 Å². The van der Waals surface area contributed by atoms with Crippen LogP contribution in [0.25, 0.3) is 11.3 Å². The van der Waals surface area contributed by atoms with E-state index in [4.69, 9.17) is 18.9 Å². The van der Waals surface area contributed by atoms with Crippen LogP contribution in [0.4, 0.5) is 4.79 Å². The number of hydrogen-bond acceptors (Lipinski definition) is 13. The fourth-order valence-electron chi connectivity index (χ4n) is 8.45. The second-order valence-corrected chi connectivity index (χ2v) is 18.8. The van der Waals surface area contributed by atoms with E-state index in [-0.39, 0.29) is 62.5 Å². The van der Waals surface area contributed by atoms with Crippen LogP contribution in [0.2, 0.25) is 0 Å². The number of nitrogens with one attached hydrogen (secondary N) is 3. The van der Waals surface area contributed by atoms with E-state index in [1.165, 1.54) is 30.5 Å². The van der Waals surface area contributed by atoms with Gasteiger partial charge in [0.2, 0.25) is 21.8 Å². The standard InChI is InChI=1S/C40H52N6O11S2/c1-54-21-28(22-55-2)57-39(51)42-31-10-8-6-4-5-7-9-26-17-40(26,38(50)44-59(52,53)29-15-16-29)43-34(47)33-30-20-45(18-25(30)19-46(33)36(31)48)37(49)35-41-32(23-58-35)24-11-13-27(56-3)14-12-24/h7,9,11-14,23,25-26,28-31,33H,4-6,8,10,15-22H2,1-3H3,(H,42,51)(H,43,47)(H,44,50)/b9-7-/t25-,26+,30-,31-,33-,40+/m0/s1. The van der Waals surface area contributed by atoms with Crippen molar-refractivity contribution in [3.63, 3.8) is 0 Å². The Morgan fingerprint density at radius 1 is 1.00 bits per heavy atom. The Kier molecular flexibility index (Phi) is 12.9. The van der Waals surface area contributed by atoms with Gasteiger partial charge in [-0.05, 0) is 62.8 Å². The van der Waals surface area contributed by atoms with Crippen molar-refractivity contribution in [2.24, 2.45) is 17.8 Å². The van der Waals surface area contributed by atoms with Gasteiger partial charge >= 0.3 is 6.09 Å². The van der Waals surface area contributed by atoms with Crippen molar-refractivity contribution in [1.82, 2.24) is 30.1 Å². The fourth-order valence-corrected chi connectivity index (χ4v) is 10.6. The zero-order valence-electron chi connectivity index (χ0n) is 33.4. The number of fused-ring (bicyclic) bond motifs is 4. The maximum Gasteiger partial charge on any atom is 0.408 e. The molecule has 2 saturated heterocycles. The highest BCUT2D eigenvalue weighted by molar-refractivity contribution is 7.91. The van der Waals surface area contributed by atoms with Crippen molar-refractivity contribution >= 4 is 51.1 Å². The van der Waals surface area contributed by atoms with Crippen LogP contribution in [0, 0.1) is 17.8 Å². The molecule has 0 bridgehead atoms. The number of allylic oxidation sites excluding steroid dienone is 1. The molecule has 5 aliphatic rings. The molecule has 1 aromatic carbocycles. The minimum absolute atomic E-state index is 0.0718. The number of methoxy groups -OCH3 is 3. The number of carbonyl (C=O) groups is 5. The molecule has 17 nitrogen and oxygen atoms in total. The smallest absolute Gasteiger partial charge is 0.408 e. The summed E-state index contributed by atoms with van der Waals surface area (Å²) < 4.78 is 49.2. The van der Waals surface area contributed by atoms with Crippen LogP contribution in [0.5, 0.6) is 5.75 Å². The van der Waals surface area contributed by atoms with E-state index in [9.17, 15) is 32.4 Å². The summed E-state index contributed by atoms with van der Waals surface area (Å²) in [7, 11) is 0.581. The van der Waals surface area contributed by atoms with Crippen molar-refractivity contribution in [3.8, 4) is 17.0 Å². The minimum Gasteiger partial charge on any atom is -0.497 e. The van der Waals surface area contributed by atoms with E-state index in [1.807, 2.05) is 36.4 Å². The molecule has 59 heavy (non-hydrogen) atoms. The van der Waals surface area contributed by atoms with Crippen molar-refractivity contribution < 1.29 is 51.3 Å². The predicted molar refractivity (Wildman–Crippen MR) is 215 cm³/mol. The summed E-state index contributed by atoms with van der Waals surface area (Å²) in [6.45, 7) is 0.602. The lowest BCUT2D eigenvalue weighted by molar-refractivity contribution is -0.142. The molecule has 3 N–H and O–H groups in total. The average molecular weight is 857 g/mol. The average Bonchev–Trinajstić information content (AvgIpc) is 4.03. The number of amides is 5. The number of hydrogen-bond donors (Lipinski definition) is 3. The lowest BCUT2D eigenvalue weighted by atomic mass is 9.93. The summed E-state index contributed by atoms with van der Waals surface area (Å²) in [4.78, 5) is 78.2. The number of thiazole rings is 1. The Morgan fingerprint density at radius 2 is 1.75 bits per heavy atom. The van der Waals surface area contributed by atoms with Crippen molar-refractivity contribution in [2.45, 2.75) is 80.3 Å². The Morgan fingerprint density at radius 3 is 2.44 bits per heavy atom. The van der Waals surface area contributed by atoms with Gasteiger partial charge < -0.3 is 39.4 Å². The molecule has 2 aliphatic carbocycles. The molecule has 0 spiro atoms. The number of likely N-dealkylation sites (tertiary alicyclic amines) is 1. The second kappa shape index (κ2) is 17.9. The summed E-state index contributed by atoms with van der Waals surface area (Å²) in [6.07, 6.45) is 6.32. The second-order valence-electron chi connectivity index (χ2n) is 16.0. The Bertz CT molecular complexity index is 2030. The Hall–Kier alpha value is -4.59. The van der Waals surface area contributed by atoms with Crippen molar-refractivity contribution in [3.05, 3.63) is 46.8 Å². The number of ether oxygens (including phenoxy) is 4. The number of alkyl carbamates (subject to hydrolysis) is 1. The first-order valence-corrected chi connectivity index (χ1v) is 22.5. The van der Waals surface area contributed by atoms with Gasteiger partial charge in [0.1, 0.15) is 23.4 Å². The monoisotopic (exact) mass is 856 g/mol. The fraction of sp³-hybridized carbons (Fsp3) is 0.600. The molecule has 1 aromatic heterocycles. The van der Waals surface area contributed by atoms with Crippen LogP contribution < -0.4 is 20.1 Å². The highest BCUT2D eigenvalue weighted by Crippen LogP contribution is 2.47. The molecule has 4 fully saturated rings. The zero-order chi connectivity index (χ0) is 41.9. The summed E-state index contributed by atoms with van der Waals surface area (Å²) in [6, 6.07) is 5.14. The van der Waals surface area contributed by atoms with Crippen LogP contribution in [-0.2, 0) is 38.6 Å². The minimum atomic E-state index is -3.93. The molecule has 4 heterocycles.